The number of para-hydroxylation sites is 1. The highest BCUT2D eigenvalue weighted by Gasteiger charge is 2.36. The molecule has 8 nitrogen and oxygen atoms in total. The molecule has 1 aliphatic rings. The summed E-state index contributed by atoms with van der Waals surface area (Å²) in [4.78, 5) is 39.2. The molecule has 8 heteroatoms. The van der Waals surface area contributed by atoms with Crippen LogP contribution in [0, 0.1) is 0 Å². The summed E-state index contributed by atoms with van der Waals surface area (Å²) < 4.78 is 0. The van der Waals surface area contributed by atoms with Crippen LogP contribution >= 0.6 is 0 Å². The highest BCUT2D eigenvalue weighted by molar-refractivity contribution is 6.08. The summed E-state index contributed by atoms with van der Waals surface area (Å²) in [6.07, 6.45) is -1.99. The Labute approximate surface area is 215 Å². The molecular weight excluding hydrogens is 470 g/mol. The minimum atomic E-state index is -1.85. The lowest BCUT2D eigenvalue weighted by molar-refractivity contribution is -0.153. The summed E-state index contributed by atoms with van der Waals surface area (Å²) in [5.41, 5.74) is 3.58. The number of hydrogen-bond acceptors (Lipinski definition) is 5. The first-order valence-electron chi connectivity index (χ1n) is 12.3. The van der Waals surface area contributed by atoms with Crippen molar-refractivity contribution in [3.8, 4) is 11.1 Å². The Morgan fingerprint density at radius 1 is 0.919 bits per heavy atom. The number of anilines is 1. The molecule has 1 aliphatic heterocycles. The average molecular weight is 502 g/mol. The maximum Gasteiger partial charge on any atom is 0.256 e. The van der Waals surface area contributed by atoms with Crippen molar-refractivity contribution in [3.63, 3.8) is 0 Å². The Bertz CT molecular complexity index is 1250. The third kappa shape index (κ3) is 6.22. The number of carbonyl (C=O) groups excluding carboxylic acids is 3. The summed E-state index contributed by atoms with van der Waals surface area (Å²) in [6, 6.07) is 23.8. The van der Waals surface area contributed by atoms with Crippen molar-refractivity contribution in [1.29, 1.82) is 0 Å². The van der Waals surface area contributed by atoms with Gasteiger partial charge in [0, 0.05) is 30.4 Å². The van der Waals surface area contributed by atoms with Crippen LogP contribution in [0.2, 0.25) is 0 Å². The first-order valence-corrected chi connectivity index (χ1v) is 12.3. The van der Waals surface area contributed by atoms with Gasteiger partial charge in [0.25, 0.3) is 17.7 Å². The van der Waals surface area contributed by atoms with Gasteiger partial charge in [0.05, 0.1) is 0 Å². The molecule has 0 aliphatic carbocycles. The van der Waals surface area contributed by atoms with E-state index in [0.717, 1.165) is 29.5 Å². The number of benzene rings is 3. The van der Waals surface area contributed by atoms with Crippen LogP contribution in [-0.4, -0.2) is 57.6 Å². The number of likely N-dealkylation sites (tertiary alicyclic amines) is 1. The predicted molar refractivity (Wildman–Crippen MR) is 141 cm³/mol. The van der Waals surface area contributed by atoms with Crippen LogP contribution in [0.5, 0.6) is 0 Å². The van der Waals surface area contributed by atoms with Crippen molar-refractivity contribution in [2.75, 3.05) is 11.9 Å². The van der Waals surface area contributed by atoms with Gasteiger partial charge in [-0.1, -0.05) is 60.7 Å². The minimum Gasteiger partial charge on any atom is -0.380 e. The van der Waals surface area contributed by atoms with Gasteiger partial charge in [-0.05, 0) is 54.7 Å². The van der Waals surface area contributed by atoms with Crippen LogP contribution in [0.3, 0.4) is 0 Å². The number of nitrogens with zero attached hydrogens (tertiary/aromatic N) is 1. The monoisotopic (exact) mass is 501 g/mol. The number of hydrogen-bond donors (Lipinski definition) is 4. The number of carbonyl (C=O) groups is 3. The van der Waals surface area contributed by atoms with Gasteiger partial charge in [0.2, 0.25) is 0 Å². The van der Waals surface area contributed by atoms with Gasteiger partial charge in [-0.25, -0.2) is 0 Å². The predicted octanol–water partition coefficient (Wildman–Crippen LogP) is 2.95. The van der Waals surface area contributed by atoms with Gasteiger partial charge in [-0.15, -0.1) is 0 Å². The number of nitrogens with one attached hydrogen (secondary N) is 2. The fraction of sp³-hybridized carbons (Fsp3) is 0.276. The summed E-state index contributed by atoms with van der Waals surface area (Å²) in [6.45, 7) is 2.49. The summed E-state index contributed by atoms with van der Waals surface area (Å²) >= 11 is 0. The summed E-state index contributed by atoms with van der Waals surface area (Å²) in [7, 11) is 0. The molecule has 3 atom stereocenters. The molecule has 0 saturated carbocycles. The van der Waals surface area contributed by atoms with Crippen molar-refractivity contribution in [1.82, 2.24) is 10.2 Å². The SMILES string of the molecule is C[C@H]1CCCN1C(=O)[C@H](O)[C@@H](O)C(=O)NCc1ccc(-c2ccccc2C(=O)Nc2ccccc2)cc1. The van der Waals surface area contributed by atoms with Crippen LogP contribution < -0.4 is 10.6 Å². The molecule has 4 N–H and O–H groups in total. The molecule has 0 bridgehead atoms. The van der Waals surface area contributed by atoms with Crippen LogP contribution in [0.15, 0.2) is 78.9 Å². The molecule has 0 aromatic heterocycles. The molecule has 1 saturated heterocycles. The molecular formula is C29H31N3O5. The van der Waals surface area contributed by atoms with Crippen LogP contribution in [0.4, 0.5) is 5.69 Å². The fourth-order valence-electron chi connectivity index (χ4n) is 4.46. The Morgan fingerprint density at radius 3 is 2.27 bits per heavy atom. The number of rotatable bonds is 8. The smallest absolute Gasteiger partial charge is 0.256 e. The number of aliphatic hydroxyl groups excluding tert-OH is 2. The topological polar surface area (TPSA) is 119 Å². The van der Waals surface area contributed by atoms with Gasteiger partial charge in [-0.2, -0.15) is 0 Å². The molecule has 3 aromatic carbocycles. The molecule has 0 radical (unpaired) electrons. The summed E-state index contributed by atoms with van der Waals surface area (Å²) in [5.74, 6) is -1.67. The van der Waals surface area contributed by atoms with Gasteiger partial charge in [0.15, 0.2) is 12.2 Å². The zero-order chi connectivity index (χ0) is 26.4. The molecule has 37 heavy (non-hydrogen) atoms. The van der Waals surface area contributed by atoms with Crippen molar-refractivity contribution in [2.24, 2.45) is 0 Å². The van der Waals surface area contributed by atoms with Crippen LogP contribution in [0.1, 0.15) is 35.7 Å². The molecule has 0 spiro atoms. The van der Waals surface area contributed by atoms with Gasteiger partial charge >= 0.3 is 0 Å². The second kappa shape index (κ2) is 11.8. The Morgan fingerprint density at radius 2 is 1.59 bits per heavy atom. The minimum absolute atomic E-state index is 0.0227. The van der Waals surface area contributed by atoms with Gasteiger partial charge in [-0.3, -0.25) is 14.4 Å². The zero-order valence-electron chi connectivity index (χ0n) is 20.6. The van der Waals surface area contributed by atoms with E-state index >= 15 is 0 Å². The van der Waals surface area contributed by atoms with E-state index in [4.69, 9.17) is 0 Å². The van der Waals surface area contributed by atoms with E-state index in [1.807, 2.05) is 67.6 Å². The second-order valence-corrected chi connectivity index (χ2v) is 9.19. The van der Waals surface area contributed by atoms with Crippen molar-refractivity contribution < 1.29 is 24.6 Å². The first kappa shape index (κ1) is 26.1. The maximum absolute atomic E-state index is 12.9. The lowest BCUT2D eigenvalue weighted by atomic mass is 9.98. The highest BCUT2D eigenvalue weighted by Crippen LogP contribution is 2.25. The van der Waals surface area contributed by atoms with Crippen molar-refractivity contribution in [2.45, 2.75) is 44.6 Å². The normalized spacial score (nSPS) is 16.6. The molecule has 3 amide bonds. The molecule has 0 unspecified atom stereocenters. The lowest BCUT2D eigenvalue weighted by Crippen LogP contribution is -2.51. The largest absolute Gasteiger partial charge is 0.380 e. The molecule has 192 valence electrons. The molecule has 4 rings (SSSR count). The standard InChI is InChI=1S/C29H31N3O5/c1-19-8-7-17-32(19)29(37)26(34)25(33)28(36)30-18-20-13-15-21(16-14-20)23-11-5-6-12-24(23)27(35)31-22-9-3-2-4-10-22/h2-6,9-16,19,25-26,33-34H,7-8,17-18H2,1H3,(H,30,36)(H,31,35)/t19-,25+,26+/m0/s1. The highest BCUT2D eigenvalue weighted by atomic mass is 16.3. The van der Waals surface area contributed by atoms with E-state index in [1.165, 1.54) is 4.90 Å². The van der Waals surface area contributed by atoms with Crippen molar-refractivity contribution >= 4 is 23.4 Å². The second-order valence-electron chi connectivity index (χ2n) is 9.19. The van der Waals surface area contributed by atoms with Crippen LogP contribution in [-0.2, 0) is 16.1 Å². The van der Waals surface area contributed by atoms with Gasteiger partial charge < -0.3 is 25.7 Å². The fourth-order valence-corrected chi connectivity index (χ4v) is 4.46. The average Bonchev–Trinajstić information content (AvgIpc) is 3.37. The Kier molecular flexibility index (Phi) is 8.32. The number of amides is 3. The van der Waals surface area contributed by atoms with E-state index in [9.17, 15) is 24.6 Å². The molecule has 1 fully saturated rings. The number of aliphatic hydroxyl groups is 2. The van der Waals surface area contributed by atoms with E-state index in [0.29, 0.717) is 17.8 Å². The van der Waals surface area contributed by atoms with E-state index in [2.05, 4.69) is 10.6 Å². The maximum atomic E-state index is 12.9. The van der Waals surface area contributed by atoms with Gasteiger partial charge in [0.1, 0.15) is 0 Å². The van der Waals surface area contributed by atoms with E-state index in [-0.39, 0.29) is 18.5 Å². The molecule has 3 aromatic rings. The third-order valence-corrected chi connectivity index (χ3v) is 6.59. The Hall–Kier alpha value is -4.01. The molecule has 1 heterocycles. The van der Waals surface area contributed by atoms with E-state index < -0.39 is 24.0 Å². The lowest BCUT2D eigenvalue weighted by Gasteiger charge is -2.26. The first-order chi connectivity index (χ1) is 17.8. The quantitative estimate of drug-likeness (QED) is 0.379. The van der Waals surface area contributed by atoms with Crippen molar-refractivity contribution in [3.05, 3.63) is 90.0 Å². The van der Waals surface area contributed by atoms with Crippen LogP contribution in [0.25, 0.3) is 11.1 Å². The summed E-state index contributed by atoms with van der Waals surface area (Å²) in [5, 5.41) is 25.9. The zero-order valence-corrected chi connectivity index (χ0v) is 20.6. The third-order valence-electron chi connectivity index (χ3n) is 6.59. The van der Waals surface area contributed by atoms with E-state index in [1.54, 1.807) is 18.2 Å². The Balaban J connectivity index is 1.37.